The van der Waals surface area contributed by atoms with Gasteiger partial charge in [0.1, 0.15) is 17.3 Å². The molecule has 0 spiro atoms. The van der Waals surface area contributed by atoms with Gasteiger partial charge < -0.3 is 15.0 Å². The molecule has 3 heterocycles. The molecule has 2 aliphatic rings. The van der Waals surface area contributed by atoms with Crippen molar-refractivity contribution in [1.82, 2.24) is 19.8 Å². The first kappa shape index (κ1) is 19.6. The second-order valence-electron chi connectivity index (χ2n) is 7.86. The highest BCUT2D eigenvalue weighted by molar-refractivity contribution is 5.92. The molecule has 0 saturated carbocycles. The second kappa shape index (κ2) is 9.22. The average Bonchev–Trinajstić information content (AvgIpc) is 3.29. The van der Waals surface area contributed by atoms with Gasteiger partial charge in [0.2, 0.25) is 0 Å². The fraction of sp³-hybridized carbons (Fsp3) is 0.500. The monoisotopic (exact) mass is 395 g/mol. The Morgan fingerprint density at radius 1 is 1.21 bits per heavy atom. The number of rotatable bonds is 6. The number of anilines is 1. The molecule has 29 heavy (non-hydrogen) atoms. The van der Waals surface area contributed by atoms with Gasteiger partial charge in [0.15, 0.2) is 0 Å². The minimum Gasteiger partial charge on any atom is -0.497 e. The predicted octanol–water partition coefficient (Wildman–Crippen LogP) is 2.80. The van der Waals surface area contributed by atoms with Crippen LogP contribution in [0.5, 0.6) is 5.75 Å². The Kier molecular flexibility index (Phi) is 6.24. The number of methoxy groups -OCH3 is 1. The molecule has 0 aliphatic carbocycles. The van der Waals surface area contributed by atoms with Gasteiger partial charge in [-0.2, -0.15) is 0 Å². The van der Waals surface area contributed by atoms with Gasteiger partial charge in [-0.25, -0.2) is 4.98 Å². The van der Waals surface area contributed by atoms with E-state index in [4.69, 9.17) is 4.74 Å². The van der Waals surface area contributed by atoms with E-state index >= 15 is 0 Å². The van der Waals surface area contributed by atoms with Crippen LogP contribution in [0.1, 0.15) is 41.7 Å². The van der Waals surface area contributed by atoms with E-state index < -0.39 is 0 Å². The quantitative estimate of drug-likeness (QED) is 0.811. The molecule has 4 rings (SSSR count). The van der Waals surface area contributed by atoms with Gasteiger partial charge in [-0.3, -0.25) is 14.7 Å². The number of likely N-dealkylation sites (tertiary alicyclic amines) is 2. The first-order valence-electron chi connectivity index (χ1n) is 10.4. The molecule has 1 aromatic heterocycles. The van der Waals surface area contributed by atoms with Crippen LogP contribution in [0.2, 0.25) is 0 Å². The van der Waals surface area contributed by atoms with E-state index in [-0.39, 0.29) is 5.91 Å². The van der Waals surface area contributed by atoms with Crippen molar-refractivity contribution in [3.63, 3.8) is 0 Å². The third kappa shape index (κ3) is 5.03. The minimum absolute atomic E-state index is 0.0121. The maximum atomic E-state index is 12.6. The Morgan fingerprint density at radius 2 is 2.07 bits per heavy atom. The summed E-state index contributed by atoms with van der Waals surface area (Å²) in [5.41, 5.74) is 1.68. The molecule has 2 saturated heterocycles. The molecule has 2 aromatic rings. The Morgan fingerprint density at radius 3 is 2.90 bits per heavy atom. The third-order valence-corrected chi connectivity index (χ3v) is 5.64. The lowest BCUT2D eigenvalue weighted by molar-refractivity contribution is 0.0786. The number of ether oxygens (including phenoxy) is 1. The Labute approximate surface area is 172 Å². The van der Waals surface area contributed by atoms with Crippen LogP contribution in [0, 0.1) is 0 Å². The molecule has 0 radical (unpaired) electrons. The Bertz CT molecular complexity index is 837. The predicted molar refractivity (Wildman–Crippen MR) is 112 cm³/mol. The number of carbonyl (C=O) groups excluding carboxylic acids is 1. The molecule has 1 unspecified atom stereocenters. The van der Waals surface area contributed by atoms with Crippen molar-refractivity contribution in [3.05, 3.63) is 47.9 Å². The summed E-state index contributed by atoms with van der Waals surface area (Å²) in [6.07, 6.45) is 7.64. The molecular weight excluding hydrogens is 366 g/mol. The number of carbonyl (C=O) groups is 1. The van der Waals surface area contributed by atoms with Gasteiger partial charge in [0, 0.05) is 32.2 Å². The largest absolute Gasteiger partial charge is 0.497 e. The number of piperidine rings is 1. The smallest absolute Gasteiger partial charge is 0.274 e. The molecule has 1 aromatic carbocycles. The lowest BCUT2D eigenvalue weighted by Gasteiger charge is -2.33. The first-order chi connectivity index (χ1) is 14.2. The highest BCUT2D eigenvalue weighted by atomic mass is 16.5. The van der Waals surface area contributed by atoms with E-state index in [9.17, 15) is 4.79 Å². The van der Waals surface area contributed by atoms with Gasteiger partial charge in [0.25, 0.3) is 5.91 Å². The molecule has 1 amide bonds. The lowest BCUT2D eigenvalue weighted by Crippen LogP contribution is -2.41. The maximum absolute atomic E-state index is 12.6. The number of nitrogens with one attached hydrogen (secondary N) is 1. The Hall–Kier alpha value is -2.67. The summed E-state index contributed by atoms with van der Waals surface area (Å²) in [5.74, 6) is 1.56. The zero-order valence-corrected chi connectivity index (χ0v) is 17.0. The summed E-state index contributed by atoms with van der Waals surface area (Å²) < 4.78 is 5.33. The van der Waals surface area contributed by atoms with Crippen molar-refractivity contribution in [3.8, 4) is 5.75 Å². The molecule has 154 valence electrons. The number of aromatic nitrogens is 2. The Balaban J connectivity index is 1.36. The van der Waals surface area contributed by atoms with Crippen molar-refractivity contribution in [2.24, 2.45) is 0 Å². The van der Waals surface area contributed by atoms with E-state index in [1.54, 1.807) is 19.5 Å². The summed E-state index contributed by atoms with van der Waals surface area (Å²) >= 11 is 0. The molecule has 7 heteroatoms. The number of benzene rings is 1. The van der Waals surface area contributed by atoms with Gasteiger partial charge in [-0.1, -0.05) is 12.1 Å². The average molecular weight is 396 g/mol. The SMILES string of the molecule is COc1cccc(CN2CCCC(Nc3cncc(C(=O)N4CCCC4)n3)C2)c1. The van der Waals surface area contributed by atoms with Gasteiger partial charge in [-0.15, -0.1) is 0 Å². The molecular formula is C22H29N5O2. The van der Waals surface area contributed by atoms with Crippen LogP contribution in [0.3, 0.4) is 0 Å². The van der Waals surface area contributed by atoms with E-state index in [2.05, 4.69) is 32.3 Å². The highest BCUT2D eigenvalue weighted by Crippen LogP contribution is 2.20. The first-order valence-corrected chi connectivity index (χ1v) is 10.4. The fourth-order valence-electron chi connectivity index (χ4n) is 4.18. The molecule has 7 nitrogen and oxygen atoms in total. The number of hydrogen-bond acceptors (Lipinski definition) is 6. The summed E-state index contributed by atoms with van der Waals surface area (Å²) in [6, 6.07) is 8.53. The normalized spacial score (nSPS) is 19.9. The van der Waals surface area contributed by atoms with Crippen LogP contribution in [0.15, 0.2) is 36.7 Å². The summed E-state index contributed by atoms with van der Waals surface area (Å²) in [5, 5.41) is 3.49. The second-order valence-corrected chi connectivity index (χ2v) is 7.86. The van der Waals surface area contributed by atoms with Crippen LogP contribution in [0.25, 0.3) is 0 Å². The molecule has 2 fully saturated rings. The van der Waals surface area contributed by atoms with Crippen LogP contribution in [0.4, 0.5) is 5.82 Å². The molecule has 1 N–H and O–H groups in total. The van der Waals surface area contributed by atoms with Crippen LogP contribution < -0.4 is 10.1 Å². The van der Waals surface area contributed by atoms with Crippen molar-refractivity contribution in [1.29, 1.82) is 0 Å². The summed E-state index contributed by atoms with van der Waals surface area (Å²) in [6.45, 7) is 4.55. The zero-order valence-electron chi connectivity index (χ0n) is 17.0. The van der Waals surface area contributed by atoms with Gasteiger partial charge in [-0.05, 0) is 49.9 Å². The zero-order chi connectivity index (χ0) is 20.1. The van der Waals surface area contributed by atoms with Crippen LogP contribution >= 0.6 is 0 Å². The van der Waals surface area contributed by atoms with Crippen LogP contribution in [-0.2, 0) is 6.54 Å². The maximum Gasteiger partial charge on any atom is 0.274 e. The molecule has 2 aliphatic heterocycles. The van der Waals surface area contributed by atoms with Crippen LogP contribution in [-0.4, -0.2) is 65.0 Å². The fourth-order valence-corrected chi connectivity index (χ4v) is 4.18. The number of hydrogen-bond donors (Lipinski definition) is 1. The van der Waals surface area contributed by atoms with Gasteiger partial charge in [0.05, 0.1) is 19.5 Å². The van der Waals surface area contributed by atoms with E-state index in [0.29, 0.717) is 17.6 Å². The van der Waals surface area contributed by atoms with Crippen molar-refractivity contribution in [2.45, 2.75) is 38.3 Å². The summed E-state index contributed by atoms with van der Waals surface area (Å²) in [4.78, 5) is 25.7. The molecule has 0 bridgehead atoms. The van der Waals surface area contributed by atoms with Crippen molar-refractivity contribution >= 4 is 11.7 Å². The summed E-state index contributed by atoms with van der Waals surface area (Å²) in [7, 11) is 1.70. The van der Waals surface area contributed by atoms with Crippen molar-refractivity contribution < 1.29 is 9.53 Å². The standard InChI is InChI=1S/C22H29N5O2/c1-29-19-8-4-6-17(12-19)15-26-9-5-7-18(16-26)24-21-14-23-13-20(25-21)22(28)27-10-2-3-11-27/h4,6,8,12-14,18H,2-3,5,7,9-11,15-16H2,1H3,(H,24,25). The lowest BCUT2D eigenvalue weighted by atomic mass is 10.0. The minimum atomic E-state index is -0.0121. The topological polar surface area (TPSA) is 70.6 Å². The number of amides is 1. The van der Waals surface area contributed by atoms with Crippen molar-refractivity contribution in [2.75, 3.05) is 38.6 Å². The van der Waals surface area contributed by atoms with E-state index in [1.165, 1.54) is 5.56 Å². The van der Waals surface area contributed by atoms with E-state index in [0.717, 1.165) is 64.2 Å². The molecule has 1 atom stereocenters. The highest BCUT2D eigenvalue weighted by Gasteiger charge is 2.23. The number of nitrogens with zero attached hydrogens (tertiary/aromatic N) is 4. The third-order valence-electron chi connectivity index (χ3n) is 5.64. The van der Waals surface area contributed by atoms with Gasteiger partial charge >= 0.3 is 0 Å². The van der Waals surface area contributed by atoms with E-state index in [1.807, 2.05) is 17.0 Å².